The Bertz CT molecular complexity index is 1950. The van der Waals surface area contributed by atoms with E-state index in [1.165, 1.54) is 30.6 Å². The Morgan fingerprint density at radius 1 is 0.984 bits per heavy atom. The summed E-state index contributed by atoms with van der Waals surface area (Å²) in [7, 11) is 4.73. The molecular weight excluding hydrogens is 817 g/mol. The summed E-state index contributed by atoms with van der Waals surface area (Å²) < 4.78 is 40.7. The van der Waals surface area contributed by atoms with E-state index >= 15 is 0 Å². The molecule has 0 spiro atoms. The largest absolute Gasteiger partial charge is 0.462 e. The summed E-state index contributed by atoms with van der Waals surface area (Å²) >= 11 is 0. The van der Waals surface area contributed by atoms with Gasteiger partial charge in [-0.05, 0) is 50.5 Å². The number of ketones is 1. The van der Waals surface area contributed by atoms with Crippen molar-refractivity contribution in [1.82, 2.24) is 19.9 Å². The second kappa shape index (κ2) is 24.8. The third-order valence-electron chi connectivity index (χ3n) is 11.8. The van der Waals surface area contributed by atoms with Crippen molar-refractivity contribution in [2.45, 2.75) is 142 Å². The van der Waals surface area contributed by atoms with Crippen LogP contribution >= 0.6 is 0 Å². The molecule has 3 aromatic heterocycles. The fourth-order valence-electron chi connectivity index (χ4n) is 7.80. The van der Waals surface area contributed by atoms with Crippen LogP contribution in [0.1, 0.15) is 117 Å². The highest BCUT2D eigenvalue weighted by Gasteiger charge is 2.35. The average molecular weight is 883 g/mol. The predicted molar refractivity (Wildman–Crippen MR) is 230 cm³/mol. The van der Waals surface area contributed by atoms with Crippen molar-refractivity contribution >= 4 is 30.2 Å². The minimum Gasteiger partial charge on any atom is -0.462 e. The van der Waals surface area contributed by atoms with E-state index in [0.717, 1.165) is 0 Å². The van der Waals surface area contributed by atoms with Crippen LogP contribution in [0, 0.1) is 23.7 Å². The summed E-state index contributed by atoms with van der Waals surface area (Å²) in [6.07, 6.45) is 10.5. The first-order chi connectivity index (χ1) is 30.0. The molecule has 4 heterocycles. The lowest BCUT2D eigenvalue weighted by molar-refractivity contribution is -0.160. The summed E-state index contributed by atoms with van der Waals surface area (Å²) in [5.41, 5.74) is 1.39. The minimum absolute atomic E-state index is 0.0962. The molecule has 17 heteroatoms. The van der Waals surface area contributed by atoms with Crippen LogP contribution in [0.25, 0.3) is 29.2 Å². The highest BCUT2D eigenvalue weighted by Crippen LogP contribution is 2.31. The van der Waals surface area contributed by atoms with E-state index < -0.39 is 54.5 Å². The number of esters is 2. The molecule has 1 amide bonds. The first-order valence-corrected chi connectivity index (χ1v) is 21.7. The smallest absolute Gasteiger partial charge is 0.308 e. The van der Waals surface area contributed by atoms with Crippen molar-refractivity contribution in [3.05, 3.63) is 48.7 Å². The van der Waals surface area contributed by atoms with Gasteiger partial charge in [0.1, 0.15) is 36.8 Å². The van der Waals surface area contributed by atoms with Gasteiger partial charge in [-0.3, -0.25) is 19.2 Å². The number of aromatic nitrogens is 3. The molecule has 348 valence electrons. The van der Waals surface area contributed by atoms with E-state index in [4.69, 9.17) is 32.2 Å². The van der Waals surface area contributed by atoms with Crippen molar-refractivity contribution in [2.24, 2.45) is 23.7 Å². The van der Waals surface area contributed by atoms with Gasteiger partial charge in [0.2, 0.25) is 24.1 Å². The lowest BCUT2D eigenvalue weighted by Gasteiger charge is -2.34. The zero-order valence-corrected chi connectivity index (χ0v) is 38.0. The number of hydrogen-bond acceptors (Lipinski definition) is 16. The van der Waals surface area contributed by atoms with Gasteiger partial charge >= 0.3 is 11.9 Å². The number of Topliss-reactive ketones (excluding diaryl/α,β-unsaturated/α-hetero) is 1. The van der Waals surface area contributed by atoms with Crippen molar-refractivity contribution in [1.29, 1.82) is 0 Å². The Labute approximate surface area is 369 Å². The first-order valence-electron chi connectivity index (χ1n) is 21.7. The van der Waals surface area contributed by atoms with Gasteiger partial charge in [-0.1, -0.05) is 46.8 Å². The number of nitrogens with zero attached hydrogens (tertiary/aromatic N) is 4. The quantitative estimate of drug-likeness (QED) is 0.116. The molecule has 0 saturated heterocycles. The number of fused-ring (bicyclic) bond motifs is 8. The fraction of sp³-hybridized carbons (Fsp3) is 0.630. The molecule has 2 N–H and O–H groups in total. The molecule has 63 heavy (non-hydrogen) atoms. The van der Waals surface area contributed by atoms with Crippen LogP contribution in [0.15, 0.2) is 50.4 Å². The van der Waals surface area contributed by atoms with Gasteiger partial charge in [0.25, 0.3) is 0 Å². The molecule has 0 fully saturated rings. The molecule has 3 aromatic rings. The van der Waals surface area contributed by atoms with Crippen LogP contribution in [0.3, 0.4) is 0 Å². The first kappa shape index (κ1) is 50.7. The number of aliphatic hydroxyl groups is 2. The summed E-state index contributed by atoms with van der Waals surface area (Å²) in [5.74, 6) is -2.06. The van der Waals surface area contributed by atoms with Crippen LogP contribution in [0.2, 0.25) is 0 Å². The number of ether oxygens (including phenoxy) is 4. The topological polar surface area (TPSA) is 227 Å². The summed E-state index contributed by atoms with van der Waals surface area (Å²) in [4.78, 5) is 65.0. The highest BCUT2D eigenvalue weighted by molar-refractivity contribution is 5.81. The Kier molecular flexibility index (Phi) is 19.9. The van der Waals surface area contributed by atoms with Gasteiger partial charge in [0, 0.05) is 65.0 Å². The molecule has 0 aromatic carbocycles. The van der Waals surface area contributed by atoms with E-state index in [1.807, 2.05) is 33.8 Å². The van der Waals surface area contributed by atoms with Crippen LogP contribution in [0.5, 0.6) is 0 Å². The molecule has 0 aliphatic carbocycles. The molecule has 4 rings (SSSR count). The minimum atomic E-state index is -0.991. The predicted octanol–water partition coefficient (Wildman–Crippen LogP) is 6.94. The maximum absolute atomic E-state index is 13.6. The molecule has 11 atom stereocenters. The molecule has 1 aliphatic rings. The Hall–Kier alpha value is -4.97. The summed E-state index contributed by atoms with van der Waals surface area (Å²) in [5, 5.41) is 21.7. The van der Waals surface area contributed by atoms with Gasteiger partial charge < -0.3 is 47.3 Å². The van der Waals surface area contributed by atoms with Gasteiger partial charge in [-0.2, -0.15) is 0 Å². The SMILES string of the molecule is COC(CC1OC(=O)CC(O)CCCC(O)CC(C)c2coc(n2)-c2coc(n2)-c2coc(n2)C=CCC(OC)C1C)C(C)CCC(=O)C(C)C(OC(C)=O)C(C)C=CN(C)C=O. The van der Waals surface area contributed by atoms with Gasteiger partial charge in [0.05, 0.1) is 42.4 Å². The average Bonchev–Trinajstić information content (AvgIpc) is 4.05. The number of hydrogen-bond donors (Lipinski definition) is 2. The monoisotopic (exact) mass is 882 g/mol. The van der Waals surface area contributed by atoms with E-state index in [0.29, 0.717) is 61.5 Å². The maximum Gasteiger partial charge on any atom is 0.308 e. The normalized spacial score (nSPS) is 24.3. The van der Waals surface area contributed by atoms with E-state index in [2.05, 4.69) is 15.0 Å². The third-order valence-corrected chi connectivity index (χ3v) is 11.8. The second-order valence-corrected chi connectivity index (χ2v) is 16.9. The molecular formula is C46H66N4O13. The number of rotatable bonds is 15. The van der Waals surface area contributed by atoms with Crippen molar-refractivity contribution < 1.29 is 61.6 Å². The van der Waals surface area contributed by atoms with Crippen molar-refractivity contribution in [3.8, 4) is 23.2 Å². The lowest BCUT2D eigenvalue weighted by atomic mass is 9.84. The lowest BCUT2D eigenvalue weighted by Crippen LogP contribution is -2.39. The maximum atomic E-state index is 13.6. The number of methoxy groups -OCH3 is 2. The number of oxazole rings is 3. The number of cyclic esters (lactones) is 1. The van der Waals surface area contributed by atoms with E-state index in [1.54, 1.807) is 46.5 Å². The Morgan fingerprint density at radius 2 is 1.67 bits per heavy atom. The summed E-state index contributed by atoms with van der Waals surface area (Å²) in [6, 6.07) is 0. The number of carbonyl (C=O) groups is 4. The van der Waals surface area contributed by atoms with Crippen LogP contribution in [0.4, 0.5) is 0 Å². The van der Waals surface area contributed by atoms with Crippen LogP contribution in [-0.4, -0.2) is 112 Å². The highest BCUT2D eigenvalue weighted by atomic mass is 16.6. The third kappa shape index (κ3) is 15.4. The van der Waals surface area contributed by atoms with Crippen molar-refractivity contribution in [2.75, 3.05) is 21.3 Å². The number of aliphatic hydroxyl groups excluding tert-OH is 2. The van der Waals surface area contributed by atoms with Gasteiger partial charge in [0.15, 0.2) is 11.4 Å². The summed E-state index contributed by atoms with van der Waals surface area (Å²) in [6.45, 7) is 10.7. The number of carbonyl (C=O) groups excluding carboxylic acids is 4. The molecule has 0 radical (unpaired) electrons. The number of amides is 1. The zero-order chi connectivity index (χ0) is 46.2. The fourth-order valence-corrected chi connectivity index (χ4v) is 7.80. The standard InChI is InChI=1S/C46H66N4O13/c1-27(16-17-38(55)30(4)44(62-32(6)52)28(2)18-19-50(7)26-51)40(58-9)22-41-31(5)39(57-8)14-11-15-42-47-36(24-59-42)45-49-37(25-61-45)46-48-35(23-60-46)29(3)20-33(53)12-10-13-34(54)21-43(56)63-41/h11,15,18-19,23-31,33-34,39-41,44,53-54H,10,12-14,16-17,20-22H2,1-9H3. The molecule has 11 unspecified atom stereocenters. The zero-order valence-electron chi connectivity index (χ0n) is 38.0. The molecule has 0 saturated carbocycles. The molecule has 17 nitrogen and oxygen atoms in total. The molecule has 6 bridgehead atoms. The van der Waals surface area contributed by atoms with Crippen LogP contribution < -0.4 is 0 Å². The van der Waals surface area contributed by atoms with Gasteiger partial charge in [-0.15, -0.1) is 0 Å². The van der Waals surface area contributed by atoms with Gasteiger partial charge in [-0.25, -0.2) is 15.0 Å². The van der Waals surface area contributed by atoms with E-state index in [-0.39, 0.29) is 66.9 Å². The van der Waals surface area contributed by atoms with Crippen molar-refractivity contribution in [3.63, 3.8) is 0 Å². The Balaban J connectivity index is 1.51. The van der Waals surface area contributed by atoms with Crippen LogP contribution in [-0.2, 0) is 38.1 Å². The molecule has 1 aliphatic heterocycles. The van der Waals surface area contributed by atoms with E-state index in [9.17, 15) is 29.4 Å². The Morgan fingerprint density at radius 3 is 2.37 bits per heavy atom. The second-order valence-electron chi connectivity index (χ2n) is 16.9.